The van der Waals surface area contributed by atoms with E-state index in [1.54, 1.807) is 41.6 Å². The number of nitrogens with one attached hydrogen (secondary N) is 1. The van der Waals surface area contributed by atoms with E-state index in [0.717, 1.165) is 16.9 Å². The molecule has 1 atom stereocenters. The number of nitrogens with zero attached hydrogens (tertiary/aromatic N) is 2. The van der Waals surface area contributed by atoms with Crippen molar-refractivity contribution in [1.82, 2.24) is 10.0 Å². The summed E-state index contributed by atoms with van der Waals surface area (Å²) in [6.07, 6.45) is 4.17. The fourth-order valence-corrected chi connectivity index (χ4v) is 3.46. The summed E-state index contributed by atoms with van der Waals surface area (Å²) in [7, 11) is 1.79. The monoisotopic (exact) mass is 333 g/mol. The first-order chi connectivity index (χ1) is 11.0. The van der Waals surface area contributed by atoms with Crippen molar-refractivity contribution in [2.45, 2.75) is 26.2 Å². The van der Waals surface area contributed by atoms with Gasteiger partial charge in [-0.3, -0.25) is 14.8 Å². The molecule has 2 heterocycles. The predicted octanol–water partition coefficient (Wildman–Crippen LogP) is 2.92. The summed E-state index contributed by atoms with van der Waals surface area (Å²) >= 11 is 1.30. The number of amides is 2. The molecule has 0 saturated heterocycles. The molecule has 2 N–H and O–H groups in total. The highest BCUT2D eigenvalue weighted by Crippen LogP contribution is 2.29. The number of hydrogen-bond donors (Lipinski definition) is 2. The molecule has 2 amide bonds. The fraction of sp³-hybridized carbons (Fsp3) is 0.312. The Balaban J connectivity index is 2.20. The third-order valence-electron chi connectivity index (χ3n) is 3.58. The molecule has 1 unspecified atom stereocenters. The topological polar surface area (TPSA) is 83.7 Å². The van der Waals surface area contributed by atoms with Gasteiger partial charge in [0.05, 0.1) is 4.88 Å². The molecule has 7 heteroatoms. The van der Waals surface area contributed by atoms with Gasteiger partial charge in [0.1, 0.15) is 5.69 Å². The molecule has 0 fully saturated rings. The zero-order chi connectivity index (χ0) is 17.0. The number of rotatable bonds is 5. The van der Waals surface area contributed by atoms with Gasteiger partial charge in [0, 0.05) is 30.3 Å². The van der Waals surface area contributed by atoms with E-state index in [1.165, 1.54) is 11.3 Å². The minimum absolute atomic E-state index is 0.0526. The molecular formula is C16H19N3O3S. The zero-order valence-electron chi connectivity index (χ0n) is 13.2. The van der Waals surface area contributed by atoms with E-state index in [4.69, 9.17) is 5.21 Å². The van der Waals surface area contributed by atoms with E-state index in [9.17, 15) is 9.59 Å². The second-order valence-corrected chi connectivity index (χ2v) is 6.29. The van der Waals surface area contributed by atoms with E-state index < -0.39 is 5.91 Å². The van der Waals surface area contributed by atoms with Crippen molar-refractivity contribution in [3.63, 3.8) is 0 Å². The van der Waals surface area contributed by atoms with Crippen LogP contribution in [0.25, 0.3) is 0 Å². The highest BCUT2D eigenvalue weighted by atomic mass is 32.1. The molecule has 0 aliphatic heterocycles. The Morgan fingerprint density at radius 1 is 1.52 bits per heavy atom. The molecule has 0 aromatic carbocycles. The Kier molecular flexibility index (Phi) is 5.46. The zero-order valence-corrected chi connectivity index (χ0v) is 14.1. The van der Waals surface area contributed by atoms with Gasteiger partial charge in [-0.25, -0.2) is 10.5 Å². The molecule has 0 spiro atoms. The lowest BCUT2D eigenvalue weighted by molar-refractivity contribution is 0.0710. The minimum Gasteiger partial charge on any atom is -0.347 e. The summed E-state index contributed by atoms with van der Waals surface area (Å²) in [6, 6.07) is 5.41. The number of carbonyl (C=O) groups excluding carboxylic acids is 2. The first kappa shape index (κ1) is 17.1. The number of aryl methyl sites for hydroxylation is 2. The summed E-state index contributed by atoms with van der Waals surface area (Å²) in [5, 5.41) is 8.76. The first-order valence-electron chi connectivity index (χ1n) is 7.22. The molecule has 0 saturated carbocycles. The van der Waals surface area contributed by atoms with Crippen LogP contribution in [0, 0.1) is 6.92 Å². The molecule has 2 aromatic rings. The number of hydroxylamine groups is 1. The average molecular weight is 333 g/mol. The van der Waals surface area contributed by atoms with Crippen molar-refractivity contribution in [2.75, 3.05) is 0 Å². The standard InChI is InChI=1S/C16H19N3O3S/c1-4-11(9-17-15(20)12-6-5-7-19(12)3)13-8-10(2)14(23-13)16(21)18-22/h5-9,11,22H,4H2,1-3H3,(H,18,21). The van der Waals surface area contributed by atoms with Crippen molar-refractivity contribution in [2.24, 2.45) is 12.0 Å². The van der Waals surface area contributed by atoms with Crippen LogP contribution in [0.5, 0.6) is 0 Å². The van der Waals surface area contributed by atoms with Gasteiger partial charge in [-0.2, -0.15) is 0 Å². The summed E-state index contributed by atoms with van der Waals surface area (Å²) in [4.78, 5) is 29.1. The maximum Gasteiger partial charge on any atom is 0.293 e. The number of thiophene rings is 1. The molecule has 0 aliphatic carbocycles. The smallest absolute Gasteiger partial charge is 0.293 e. The van der Waals surface area contributed by atoms with E-state index in [1.807, 2.05) is 19.9 Å². The van der Waals surface area contributed by atoms with Gasteiger partial charge < -0.3 is 4.57 Å². The molecule has 2 rings (SSSR count). The van der Waals surface area contributed by atoms with Crippen molar-refractivity contribution in [1.29, 1.82) is 0 Å². The van der Waals surface area contributed by atoms with Gasteiger partial charge in [-0.15, -0.1) is 11.3 Å². The quantitative estimate of drug-likeness (QED) is 0.501. The van der Waals surface area contributed by atoms with E-state index in [0.29, 0.717) is 10.6 Å². The predicted molar refractivity (Wildman–Crippen MR) is 89.6 cm³/mol. The lowest BCUT2D eigenvalue weighted by Crippen LogP contribution is -2.17. The Hall–Kier alpha value is -2.25. The molecule has 0 bridgehead atoms. The van der Waals surface area contributed by atoms with Crippen LogP contribution < -0.4 is 5.48 Å². The minimum atomic E-state index is -0.523. The molecular weight excluding hydrogens is 314 g/mol. The van der Waals surface area contributed by atoms with Gasteiger partial charge in [0.15, 0.2) is 0 Å². The SMILES string of the molecule is CCC(C=NC(=O)c1cccn1C)c1cc(C)c(C(=O)NO)s1. The molecule has 122 valence electrons. The number of aromatic nitrogens is 1. The second-order valence-electron chi connectivity index (χ2n) is 5.20. The second kappa shape index (κ2) is 7.34. The maximum atomic E-state index is 12.1. The molecule has 6 nitrogen and oxygen atoms in total. The van der Waals surface area contributed by atoms with E-state index >= 15 is 0 Å². The van der Waals surface area contributed by atoms with Crippen molar-refractivity contribution < 1.29 is 14.8 Å². The molecule has 0 radical (unpaired) electrons. The Morgan fingerprint density at radius 2 is 2.26 bits per heavy atom. The van der Waals surface area contributed by atoms with E-state index in [-0.39, 0.29) is 11.8 Å². The highest BCUT2D eigenvalue weighted by Gasteiger charge is 2.17. The fourth-order valence-electron chi connectivity index (χ4n) is 2.25. The highest BCUT2D eigenvalue weighted by molar-refractivity contribution is 7.14. The normalized spacial score (nSPS) is 12.5. The first-order valence-corrected chi connectivity index (χ1v) is 8.04. The molecule has 0 aliphatic rings. The van der Waals surface area contributed by atoms with Crippen LogP contribution in [-0.4, -0.2) is 27.8 Å². The van der Waals surface area contributed by atoms with Gasteiger partial charge >= 0.3 is 0 Å². The van der Waals surface area contributed by atoms with Gasteiger partial charge in [-0.1, -0.05) is 6.92 Å². The van der Waals surface area contributed by atoms with Crippen LogP contribution in [0.4, 0.5) is 0 Å². The van der Waals surface area contributed by atoms with Crippen molar-refractivity contribution in [3.05, 3.63) is 45.4 Å². The lowest BCUT2D eigenvalue weighted by atomic mass is 10.1. The summed E-state index contributed by atoms with van der Waals surface area (Å²) in [6.45, 7) is 3.80. The maximum absolute atomic E-state index is 12.1. The lowest BCUT2D eigenvalue weighted by Gasteiger charge is -2.06. The van der Waals surface area contributed by atoms with Gasteiger partial charge in [-0.05, 0) is 37.1 Å². The van der Waals surface area contributed by atoms with E-state index in [2.05, 4.69) is 4.99 Å². The Morgan fingerprint density at radius 3 is 2.83 bits per heavy atom. The van der Waals surface area contributed by atoms with Crippen LogP contribution in [-0.2, 0) is 7.05 Å². The summed E-state index contributed by atoms with van der Waals surface area (Å²) < 4.78 is 1.72. The number of aliphatic imine (C=N–C) groups is 1. The third kappa shape index (κ3) is 3.75. The summed E-state index contributed by atoms with van der Waals surface area (Å²) in [5.74, 6) is -0.869. The van der Waals surface area contributed by atoms with Gasteiger partial charge in [0.2, 0.25) is 0 Å². The van der Waals surface area contributed by atoms with Crippen LogP contribution in [0.3, 0.4) is 0 Å². The van der Waals surface area contributed by atoms with Gasteiger partial charge in [0.25, 0.3) is 11.8 Å². The van der Waals surface area contributed by atoms with Crippen LogP contribution in [0.1, 0.15) is 49.9 Å². The average Bonchev–Trinajstić information content (AvgIpc) is 3.13. The van der Waals surface area contributed by atoms with Crippen LogP contribution >= 0.6 is 11.3 Å². The van der Waals surface area contributed by atoms with Crippen LogP contribution in [0.2, 0.25) is 0 Å². The Labute approximate surface area is 138 Å². The number of carbonyl (C=O) groups is 2. The Bertz CT molecular complexity index is 746. The van der Waals surface area contributed by atoms with Crippen molar-refractivity contribution in [3.8, 4) is 0 Å². The largest absolute Gasteiger partial charge is 0.347 e. The number of hydrogen-bond acceptors (Lipinski definition) is 4. The molecule has 23 heavy (non-hydrogen) atoms. The van der Waals surface area contributed by atoms with Crippen LogP contribution in [0.15, 0.2) is 29.4 Å². The third-order valence-corrected chi connectivity index (χ3v) is 4.95. The summed E-state index contributed by atoms with van der Waals surface area (Å²) in [5.41, 5.74) is 2.96. The van der Waals surface area contributed by atoms with Crippen molar-refractivity contribution >= 4 is 29.4 Å². The molecule has 2 aromatic heterocycles.